The van der Waals surface area contributed by atoms with Crippen molar-refractivity contribution in [1.29, 1.82) is 5.26 Å². The zero-order valence-electron chi connectivity index (χ0n) is 19.2. The molecule has 1 aromatic heterocycles. The number of hydrogen-bond donors (Lipinski definition) is 2. The number of carbonyl (C=O) groups excluding carboxylic acids is 2. The molecule has 2 heterocycles. The van der Waals surface area contributed by atoms with Crippen LogP contribution in [-0.4, -0.2) is 33.2 Å². The van der Waals surface area contributed by atoms with E-state index in [0.717, 1.165) is 12.2 Å². The van der Waals surface area contributed by atoms with Crippen LogP contribution >= 0.6 is 0 Å². The molecule has 34 heavy (non-hydrogen) atoms. The highest BCUT2D eigenvalue weighted by Gasteiger charge is 2.37. The van der Waals surface area contributed by atoms with Crippen molar-refractivity contribution in [3.05, 3.63) is 77.1 Å². The van der Waals surface area contributed by atoms with Crippen LogP contribution in [0.15, 0.2) is 54.7 Å². The number of nitriles is 1. The van der Waals surface area contributed by atoms with Gasteiger partial charge in [0.1, 0.15) is 5.69 Å². The van der Waals surface area contributed by atoms with Gasteiger partial charge in [-0.05, 0) is 62.6 Å². The second-order valence-corrected chi connectivity index (χ2v) is 9.34. The summed E-state index contributed by atoms with van der Waals surface area (Å²) in [5.74, 6) is -0.697. The summed E-state index contributed by atoms with van der Waals surface area (Å²) in [6, 6.07) is 16.6. The average Bonchev–Trinajstić information content (AvgIpc) is 3.41. The minimum Gasteiger partial charge on any atom is -0.322 e. The Balaban J connectivity index is 1.36. The summed E-state index contributed by atoms with van der Waals surface area (Å²) < 4.78 is 1.60. The third-order valence-corrected chi connectivity index (χ3v) is 6.57. The predicted molar refractivity (Wildman–Crippen MR) is 129 cm³/mol. The third kappa shape index (κ3) is 4.18. The average molecular weight is 455 g/mol. The summed E-state index contributed by atoms with van der Waals surface area (Å²) in [5, 5.41) is 19.7. The number of hydrogen-bond acceptors (Lipinski definition) is 5. The molecule has 1 fully saturated rings. The first-order chi connectivity index (χ1) is 16.4. The van der Waals surface area contributed by atoms with E-state index in [1.807, 2.05) is 31.2 Å². The monoisotopic (exact) mass is 454 g/mol. The van der Waals surface area contributed by atoms with E-state index in [1.54, 1.807) is 33.8 Å². The lowest BCUT2D eigenvalue weighted by molar-refractivity contribution is 0.0933. The fourth-order valence-electron chi connectivity index (χ4n) is 4.25. The molecule has 2 aromatic carbocycles. The van der Waals surface area contributed by atoms with E-state index in [0.29, 0.717) is 17.8 Å². The zero-order chi connectivity index (χ0) is 23.9. The van der Waals surface area contributed by atoms with Crippen molar-refractivity contribution in [3.8, 4) is 6.07 Å². The van der Waals surface area contributed by atoms with Gasteiger partial charge in [-0.1, -0.05) is 18.2 Å². The standard InChI is InChI=1S/C26H26N6O2/c1-17-16-31-23(22(15-29-31)24(33)30-20-5-3-4-19(12-20)13-27)25(34)32(17)21-8-6-18(7-9-21)14-28-26(2)10-11-26/h3-9,12,15,17,28H,10-11,14,16H2,1-2H3,(H,30,33)/t17-/m0/s1. The Kier molecular flexibility index (Phi) is 5.42. The van der Waals surface area contributed by atoms with Gasteiger partial charge in [0.15, 0.2) is 0 Å². The van der Waals surface area contributed by atoms with Crippen LogP contribution in [0.3, 0.4) is 0 Å². The summed E-state index contributed by atoms with van der Waals surface area (Å²) in [6.45, 7) is 5.48. The molecule has 0 unspecified atom stereocenters. The molecule has 0 saturated heterocycles. The van der Waals surface area contributed by atoms with Crippen LogP contribution in [0.4, 0.5) is 11.4 Å². The van der Waals surface area contributed by atoms with E-state index in [2.05, 4.69) is 28.7 Å². The molecule has 0 radical (unpaired) electrons. The predicted octanol–water partition coefficient (Wildman–Crippen LogP) is 3.70. The van der Waals surface area contributed by atoms with Crippen LogP contribution in [-0.2, 0) is 13.1 Å². The molecule has 2 aliphatic rings. The first kappa shape index (κ1) is 21.9. The SMILES string of the molecule is C[C@H]1Cn2ncc(C(=O)Nc3cccc(C#N)c3)c2C(=O)N1c1ccc(CNC2(C)CC2)cc1. The minimum absolute atomic E-state index is 0.113. The summed E-state index contributed by atoms with van der Waals surface area (Å²) >= 11 is 0. The first-order valence-electron chi connectivity index (χ1n) is 11.4. The first-order valence-corrected chi connectivity index (χ1v) is 11.4. The number of carbonyl (C=O) groups is 2. The third-order valence-electron chi connectivity index (χ3n) is 6.57. The molecule has 0 spiro atoms. The van der Waals surface area contributed by atoms with E-state index in [-0.39, 0.29) is 28.7 Å². The van der Waals surface area contributed by atoms with Crippen molar-refractivity contribution in [3.63, 3.8) is 0 Å². The maximum Gasteiger partial charge on any atom is 0.277 e. The summed E-state index contributed by atoms with van der Waals surface area (Å²) in [6.07, 6.45) is 3.84. The van der Waals surface area contributed by atoms with Crippen molar-refractivity contribution in [1.82, 2.24) is 15.1 Å². The molecule has 8 heteroatoms. The Labute approximate surface area is 198 Å². The smallest absolute Gasteiger partial charge is 0.277 e. The van der Waals surface area contributed by atoms with Gasteiger partial charge in [-0.25, -0.2) is 0 Å². The number of amides is 2. The lowest BCUT2D eigenvalue weighted by Crippen LogP contribution is -2.47. The Hall–Kier alpha value is -3.96. The van der Waals surface area contributed by atoms with Crippen LogP contribution in [0, 0.1) is 11.3 Å². The molecule has 5 rings (SSSR count). The van der Waals surface area contributed by atoms with Gasteiger partial charge < -0.3 is 15.5 Å². The molecule has 8 nitrogen and oxygen atoms in total. The highest BCUT2D eigenvalue weighted by molar-refractivity contribution is 6.15. The number of aromatic nitrogens is 2. The van der Waals surface area contributed by atoms with Crippen LogP contribution < -0.4 is 15.5 Å². The molecule has 1 aliphatic heterocycles. The quantitative estimate of drug-likeness (QED) is 0.591. The molecule has 1 aliphatic carbocycles. The van der Waals surface area contributed by atoms with Gasteiger partial charge in [0.2, 0.25) is 0 Å². The maximum atomic E-state index is 13.5. The maximum absolute atomic E-state index is 13.5. The highest BCUT2D eigenvalue weighted by atomic mass is 16.2. The summed E-state index contributed by atoms with van der Waals surface area (Å²) in [4.78, 5) is 28.3. The van der Waals surface area contributed by atoms with Crippen LogP contribution in [0.1, 0.15) is 58.7 Å². The van der Waals surface area contributed by atoms with Gasteiger partial charge in [-0.3, -0.25) is 14.3 Å². The molecule has 2 N–H and O–H groups in total. The molecule has 2 amide bonds. The fourth-order valence-corrected chi connectivity index (χ4v) is 4.25. The lowest BCUT2D eigenvalue weighted by atomic mass is 10.1. The van der Waals surface area contributed by atoms with E-state index in [9.17, 15) is 9.59 Å². The van der Waals surface area contributed by atoms with Gasteiger partial charge in [-0.15, -0.1) is 0 Å². The Bertz CT molecular complexity index is 1300. The molecule has 0 bridgehead atoms. The van der Waals surface area contributed by atoms with E-state index >= 15 is 0 Å². The molecular formula is C26H26N6O2. The van der Waals surface area contributed by atoms with Crippen LogP contribution in [0.25, 0.3) is 0 Å². The highest BCUT2D eigenvalue weighted by Crippen LogP contribution is 2.34. The second kappa shape index (κ2) is 8.43. The van der Waals surface area contributed by atoms with Gasteiger partial charge >= 0.3 is 0 Å². The van der Waals surface area contributed by atoms with E-state index in [1.165, 1.54) is 24.6 Å². The number of rotatable bonds is 6. The number of anilines is 2. The second-order valence-electron chi connectivity index (χ2n) is 9.34. The molecular weight excluding hydrogens is 428 g/mol. The van der Waals surface area contributed by atoms with E-state index in [4.69, 9.17) is 5.26 Å². The van der Waals surface area contributed by atoms with Crippen molar-refractivity contribution in [2.24, 2.45) is 0 Å². The van der Waals surface area contributed by atoms with Crippen molar-refractivity contribution < 1.29 is 9.59 Å². The number of benzene rings is 2. The van der Waals surface area contributed by atoms with Gasteiger partial charge in [0, 0.05) is 23.5 Å². The minimum atomic E-state index is -0.436. The van der Waals surface area contributed by atoms with Crippen molar-refractivity contribution in [2.75, 3.05) is 10.2 Å². The summed E-state index contributed by atoms with van der Waals surface area (Å²) in [7, 11) is 0. The summed E-state index contributed by atoms with van der Waals surface area (Å²) in [5.41, 5.74) is 3.62. The fraction of sp³-hybridized carbons (Fsp3) is 0.308. The van der Waals surface area contributed by atoms with Crippen molar-refractivity contribution >= 4 is 23.2 Å². The topological polar surface area (TPSA) is 103 Å². The number of nitrogens with zero attached hydrogens (tertiary/aromatic N) is 4. The van der Waals surface area contributed by atoms with Gasteiger partial charge in [-0.2, -0.15) is 10.4 Å². The normalized spacial score (nSPS) is 18.2. The lowest BCUT2D eigenvalue weighted by Gasteiger charge is -2.34. The number of nitrogens with one attached hydrogen (secondary N) is 2. The van der Waals surface area contributed by atoms with Crippen LogP contribution in [0.5, 0.6) is 0 Å². The number of fused-ring (bicyclic) bond motifs is 1. The largest absolute Gasteiger partial charge is 0.322 e. The zero-order valence-corrected chi connectivity index (χ0v) is 19.2. The molecule has 172 valence electrons. The van der Waals surface area contributed by atoms with Gasteiger partial charge in [0.05, 0.1) is 36.0 Å². The molecule has 1 saturated carbocycles. The van der Waals surface area contributed by atoms with Crippen molar-refractivity contribution in [2.45, 2.75) is 51.4 Å². The molecule has 3 aromatic rings. The van der Waals surface area contributed by atoms with Crippen LogP contribution in [0.2, 0.25) is 0 Å². The van der Waals surface area contributed by atoms with Gasteiger partial charge in [0.25, 0.3) is 11.8 Å². The Morgan fingerprint density at radius 2 is 2.00 bits per heavy atom. The molecule has 1 atom stereocenters. The Morgan fingerprint density at radius 3 is 2.71 bits per heavy atom. The Morgan fingerprint density at radius 1 is 1.24 bits per heavy atom. The van der Waals surface area contributed by atoms with E-state index < -0.39 is 5.91 Å².